The topological polar surface area (TPSA) is 58.2 Å². The van der Waals surface area contributed by atoms with Crippen molar-refractivity contribution in [2.24, 2.45) is 5.92 Å². The van der Waals surface area contributed by atoms with Gasteiger partial charge in [0.05, 0.1) is 10.7 Å². The molecule has 0 bridgehead atoms. The minimum atomic E-state index is -0.278. The number of carbonyl (C=O) groups excluding carboxylic acids is 2. The maximum atomic E-state index is 12.2. The number of benzene rings is 2. The Kier molecular flexibility index (Phi) is 5.07. The van der Waals surface area contributed by atoms with Crippen LogP contribution in [-0.2, 0) is 4.79 Å². The van der Waals surface area contributed by atoms with E-state index in [1.807, 2.05) is 0 Å². The van der Waals surface area contributed by atoms with Gasteiger partial charge >= 0.3 is 0 Å². The maximum absolute atomic E-state index is 12.2. The van der Waals surface area contributed by atoms with E-state index in [-0.39, 0.29) is 17.7 Å². The highest BCUT2D eigenvalue weighted by atomic mass is 35.5. The number of nitrogens with one attached hydrogen (secondary N) is 2. The first-order valence-electron chi connectivity index (χ1n) is 7.70. The van der Waals surface area contributed by atoms with E-state index in [2.05, 4.69) is 10.6 Å². The van der Waals surface area contributed by atoms with Crippen molar-refractivity contribution in [1.29, 1.82) is 0 Å². The molecule has 2 aromatic rings. The molecule has 1 aliphatic carbocycles. The van der Waals surface area contributed by atoms with Crippen LogP contribution in [0.25, 0.3) is 0 Å². The second kappa shape index (κ2) is 7.24. The van der Waals surface area contributed by atoms with Crippen molar-refractivity contribution in [1.82, 2.24) is 0 Å². The van der Waals surface area contributed by atoms with Gasteiger partial charge in [0.1, 0.15) is 0 Å². The lowest BCUT2D eigenvalue weighted by atomic mass is 9.85. The SMILES string of the molecule is O=C(Nc1ccc(NC(=O)C2CCC2)cc1Cl)c1ccc(Cl)cc1. The van der Waals surface area contributed by atoms with E-state index in [1.165, 1.54) is 0 Å². The van der Waals surface area contributed by atoms with Gasteiger partial charge in [-0.1, -0.05) is 29.6 Å². The van der Waals surface area contributed by atoms with Crippen LogP contribution in [0.5, 0.6) is 0 Å². The summed E-state index contributed by atoms with van der Waals surface area (Å²) < 4.78 is 0. The number of rotatable bonds is 4. The second-order valence-electron chi connectivity index (χ2n) is 5.77. The van der Waals surface area contributed by atoms with Gasteiger partial charge < -0.3 is 10.6 Å². The van der Waals surface area contributed by atoms with Crippen LogP contribution in [0, 0.1) is 5.92 Å². The van der Waals surface area contributed by atoms with Crippen LogP contribution in [0.4, 0.5) is 11.4 Å². The van der Waals surface area contributed by atoms with E-state index in [9.17, 15) is 9.59 Å². The average Bonchev–Trinajstić information content (AvgIpc) is 2.48. The van der Waals surface area contributed by atoms with Crippen LogP contribution >= 0.6 is 23.2 Å². The van der Waals surface area contributed by atoms with Gasteiger partial charge in [-0.3, -0.25) is 9.59 Å². The Labute approximate surface area is 150 Å². The predicted octanol–water partition coefficient (Wildman–Crippen LogP) is 4.98. The highest BCUT2D eigenvalue weighted by Gasteiger charge is 2.25. The van der Waals surface area contributed by atoms with Crippen molar-refractivity contribution in [3.05, 3.63) is 58.1 Å². The van der Waals surface area contributed by atoms with Crippen LogP contribution < -0.4 is 10.6 Å². The Hall–Kier alpha value is -2.04. The zero-order valence-corrected chi connectivity index (χ0v) is 14.3. The predicted molar refractivity (Wildman–Crippen MR) is 96.8 cm³/mol. The summed E-state index contributed by atoms with van der Waals surface area (Å²) in [6.07, 6.45) is 2.98. The van der Waals surface area contributed by atoms with Gasteiger partial charge in [-0.05, 0) is 55.3 Å². The first-order valence-corrected chi connectivity index (χ1v) is 8.46. The normalized spacial score (nSPS) is 13.9. The molecule has 124 valence electrons. The summed E-state index contributed by atoms with van der Waals surface area (Å²) in [5.74, 6) is -0.150. The third-order valence-corrected chi connectivity index (χ3v) is 4.63. The Morgan fingerprint density at radius 2 is 1.67 bits per heavy atom. The molecular formula is C18H16Cl2N2O2. The molecule has 0 radical (unpaired) electrons. The smallest absolute Gasteiger partial charge is 0.255 e. The number of anilines is 2. The number of carbonyl (C=O) groups is 2. The first kappa shape index (κ1) is 16.8. The highest BCUT2D eigenvalue weighted by Crippen LogP contribution is 2.30. The first-order chi connectivity index (χ1) is 11.5. The molecule has 1 saturated carbocycles. The van der Waals surface area contributed by atoms with Crippen LogP contribution in [-0.4, -0.2) is 11.8 Å². The molecule has 6 heteroatoms. The lowest BCUT2D eigenvalue weighted by Gasteiger charge is -2.24. The molecule has 2 N–H and O–H groups in total. The number of hydrogen-bond acceptors (Lipinski definition) is 2. The van der Waals surface area contributed by atoms with Crippen LogP contribution in [0.3, 0.4) is 0 Å². The standard InChI is InChI=1S/C18H16Cl2N2O2/c19-13-6-4-12(5-7-13)18(24)22-16-9-8-14(10-15(16)20)21-17(23)11-2-1-3-11/h4-11H,1-3H2,(H,21,23)(H,22,24). The van der Waals surface area contributed by atoms with E-state index >= 15 is 0 Å². The largest absolute Gasteiger partial charge is 0.326 e. The van der Waals surface area contributed by atoms with Gasteiger partial charge in [0, 0.05) is 22.2 Å². The molecular weight excluding hydrogens is 347 g/mol. The fourth-order valence-corrected chi connectivity index (χ4v) is 2.76. The molecule has 0 spiro atoms. The van der Waals surface area contributed by atoms with E-state index in [1.54, 1.807) is 42.5 Å². The van der Waals surface area contributed by atoms with E-state index < -0.39 is 0 Å². The zero-order valence-electron chi connectivity index (χ0n) is 12.8. The maximum Gasteiger partial charge on any atom is 0.255 e. The molecule has 0 atom stereocenters. The van der Waals surface area contributed by atoms with Gasteiger partial charge in [-0.2, -0.15) is 0 Å². The Bertz CT molecular complexity index is 771. The summed E-state index contributed by atoms with van der Waals surface area (Å²) in [6, 6.07) is 11.6. The van der Waals surface area contributed by atoms with Crippen molar-refractivity contribution < 1.29 is 9.59 Å². The van der Waals surface area contributed by atoms with E-state index in [0.717, 1.165) is 19.3 Å². The quantitative estimate of drug-likeness (QED) is 0.805. The molecule has 1 fully saturated rings. The van der Waals surface area contributed by atoms with E-state index in [4.69, 9.17) is 23.2 Å². The summed E-state index contributed by atoms with van der Waals surface area (Å²) in [5, 5.41) is 6.53. The third kappa shape index (κ3) is 3.89. The molecule has 0 unspecified atom stereocenters. The molecule has 3 rings (SSSR count). The number of amides is 2. The van der Waals surface area contributed by atoms with Crippen molar-refractivity contribution >= 4 is 46.4 Å². The van der Waals surface area contributed by atoms with Gasteiger partial charge in [0.2, 0.25) is 5.91 Å². The monoisotopic (exact) mass is 362 g/mol. The van der Waals surface area contributed by atoms with Gasteiger partial charge in [-0.25, -0.2) is 0 Å². The Balaban J connectivity index is 1.66. The van der Waals surface area contributed by atoms with Crippen molar-refractivity contribution in [3.8, 4) is 0 Å². The van der Waals surface area contributed by atoms with Gasteiger partial charge in [-0.15, -0.1) is 0 Å². The highest BCUT2D eigenvalue weighted by molar-refractivity contribution is 6.34. The van der Waals surface area contributed by atoms with Crippen LogP contribution in [0.1, 0.15) is 29.6 Å². The molecule has 0 aromatic heterocycles. The Morgan fingerprint density at radius 1 is 0.958 bits per heavy atom. The van der Waals surface area contributed by atoms with Crippen molar-refractivity contribution in [2.45, 2.75) is 19.3 Å². The van der Waals surface area contributed by atoms with Crippen LogP contribution in [0.2, 0.25) is 10.0 Å². The van der Waals surface area contributed by atoms with Gasteiger partial charge in [0.15, 0.2) is 0 Å². The summed E-state index contributed by atoms with van der Waals surface area (Å²) in [6.45, 7) is 0. The minimum absolute atomic E-state index is 0.0234. The molecule has 2 amide bonds. The lowest BCUT2D eigenvalue weighted by molar-refractivity contribution is -0.122. The lowest BCUT2D eigenvalue weighted by Crippen LogP contribution is -2.28. The molecule has 4 nitrogen and oxygen atoms in total. The number of halogens is 2. The van der Waals surface area contributed by atoms with Gasteiger partial charge in [0.25, 0.3) is 5.91 Å². The summed E-state index contributed by atoms with van der Waals surface area (Å²) >= 11 is 12.0. The minimum Gasteiger partial charge on any atom is -0.326 e. The molecule has 0 saturated heterocycles. The molecule has 1 aliphatic rings. The summed E-state index contributed by atoms with van der Waals surface area (Å²) in [4.78, 5) is 24.1. The third-order valence-electron chi connectivity index (χ3n) is 4.07. The Morgan fingerprint density at radius 3 is 2.25 bits per heavy atom. The van der Waals surface area contributed by atoms with E-state index in [0.29, 0.717) is 27.0 Å². The van der Waals surface area contributed by atoms with Crippen molar-refractivity contribution in [3.63, 3.8) is 0 Å². The average molecular weight is 363 g/mol. The molecule has 0 heterocycles. The van der Waals surface area contributed by atoms with Crippen LogP contribution in [0.15, 0.2) is 42.5 Å². The zero-order chi connectivity index (χ0) is 17.1. The number of hydrogen-bond donors (Lipinski definition) is 2. The molecule has 2 aromatic carbocycles. The van der Waals surface area contributed by atoms with Crippen molar-refractivity contribution in [2.75, 3.05) is 10.6 Å². The summed E-state index contributed by atoms with van der Waals surface area (Å²) in [5.41, 5.74) is 1.59. The fourth-order valence-electron chi connectivity index (χ4n) is 2.40. The molecule has 24 heavy (non-hydrogen) atoms. The second-order valence-corrected chi connectivity index (χ2v) is 6.62. The summed E-state index contributed by atoms with van der Waals surface area (Å²) in [7, 11) is 0. The molecule has 0 aliphatic heterocycles. The fraction of sp³-hybridized carbons (Fsp3) is 0.222.